The predicted octanol–water partition coefficient (Wildman–Crippen LogP) is 3.60. The van der Waals surface area contributed by atoms with Gasteiger partial charge in [0.15, 0.2) is 0 Å². The molecule has 1 aromatic rings. The second kappa shape index (κ2) is 4.38. The molecule has 0 aliphatic carbocycles. The molecule has 0 spiro atoms. The molecule has 0 radical (unpaired) electrons. The molecule has 1 aromatic heterocycles. The first-order chi connectivity index (χ1) is 6.02. The van der Waals surface area contributed by atoms with Crippen molar-refractivity contribution in [2.75, 3.05) is 0 Å². The van der Waals surface area contributed by atoms with E-state index in [9.17, 15) is 0 Å². The van der Waals surface area contributed by atoms with E-state index in [1.807, 2.05) is 6.92 Å². The van der Waals surface area contributed by atoms with Gasteiger partial charge in [0, 0.05) is 5.92 Å². The van der Waals surface area contributed by atoms with Gasteiger partial charge in [-0.1, -0.05) is 32.1 Å². The maximum Gasteiger partial charge on any atom is 0.135 e. The SMILES string of the molecule is CC(Cl)c1nnc(C(C)C(C)C)s1. The van der Waals surface area contributed by atoms with Crippen molar-refractivity contribution in [3.63, 3.8) is 0 Å². The molecule has 0 bridgehead atoms. The molecule has 0 aromatic carbocycles. The van der Waals surface area contributed by atoms with Crippen molar-refractivity contribution in [1.29, 1.82) is 0 Å². The first kappa shape index (κ1) is 10.9. The molecule has 0 saturated carbocycles. The molecule has 0 aliphatic heterocycles. The van der Waals surface area contributed by atoms with Crippen molar-refractivity contribution in [2.45, 2.75) is 39.0 Å². The largest absolute Gasteiger partial charge is 0.143 e. The summed E-state index contributed by atoms with van der Waals surface area (Å²) in [7, 11) is 0. The van der Waals surface area contributed by atoms with E-state index < -0.39 is 0 Å². The smallest absolute Gasteiger partial charge is 0.135 e. The zero-order valence-electron chi connectivity index (χ0n) is 8.41. The second-order valence-corrected chi connectivity index (χ2v) is 5.32. The van der Waals surface area contributed by atoms with Gasteiger partial charge in [0.2, 0.25) is 0 Å². The Kier molecular flexibility index (Phi) is 3.68. The third-order valence-corrected chi connectivity index (χ3v) is 3.83. The van der Waals surface area contributed by atoms with Gasteiger partial charge in [0.1, 0.15) is 10.0 Å². The Bertz CT molecular complexity index is 270. The van der Waals surface area contributed by atoms with Crippen molar-refractivity contribution in [3.8, 4) is 0 Å². The van der Waals surface area contributed by atoms with E-state index in [2.05, 4.69) is 31.0 Å². The molecule has 2 atom stereocenters. The summed E-state index contributed by atoms with van der Waals surface area (Å²) in [6.45, 7) is 8.48. The average molecular weight is 219 g/mol. The van der Waals surface area contributed by atoms with Gasteiger partial charge in [0.25, 0.3) is 0 Å². The molecule has 0 amide bonds. The van der Waals surface area contributed by atoms with E-state index in [1.165, 1.54) is 0 Å². The van der Waals surface area contributed by atoms with Crippen LogP contribution in [0.3, 0.4) is 0 Å². The molecule has 0 N–H and O–H groups in total. The number of rotatable bonds is 3. The standard InChI is InChI=1S/C9H15ClN2S/c1-5(2)6(3)8-11-12-9(13-8)7(4)10/h5-7H,1-4H3. The van der Waals surface area contributed by atoms with Crippen LogP contribution in [0.4, 0.5) is 0 Å². The van der Waals surface area contributed by atoms with Crippen LogP contribution in [0.1, 0.15) is 49.0 Å². The van der Waals surface area contributed by atoms with Gasteiger partial charge in [-0.15, -0.1) is 21.8 Å². The van der Waals surface area contributed by atoms with Crippen molar-refractivity contribution < 1.29 is 0 Å². The van der Waals surface area contributed by atoms with Crippen molar-refractivity contribution in [1.82, 2.24) is 10.2 Å². The van der Waals surface area contributed by atoms with E-state index >= 15 is 0 Å². The minimum atomic E-state index is -0.0226. The minimum Gasteiger partial charge on any atom is -0.143 e. The van der Waals surface area contributed by atoms with Gasteiger partial charge < -0.3 is 0 Å². The molecule has 2 unspecified atom stereocenters. The number of nitrogens with zero attached hydrogens (tertiary/aromatic N) is 2. The lowest BCUT2D eigenvalue weighted by Gasteiger charge is -2.10. The van der Waals surface area contributed by atoms with Crippen LogP contribution in [0.5, 0.6) is 0 Å². The first-order valence-electron chi connectivity index (χ1n) is 4.49. The Labute approximate surface area is 88.3 Å². The summed E-state index contributed by atoms with van der Waals surface area (Å²) in [5.74, 6) is 1.08. The summed E-state index contributed by atoms with van der Waals surface area (Å²) in [6.07, 6.45) is 0. The van der Waals surface area contributed by atoms with E-state index in [4.69, 9.17) is 11.6 Å². The zero-order chi connectivity index (χ0) is 10.0. The summed E-state index contributed by atoms with van der Waals surface area (Å²) < 4.78 is 0. The molecule has 0 fully saturated rings. The first-order valence-corrected chi connectivity index (χ1v) is 5.75. The average Bonchev–Trinajstić information content (AvgIpc) is 2.50. The molecule has 1 rings (SSSR count). The van der Waals surface area contributed by atoms with E-state index in [0.29, 0.717) is 11.8 Å². The normalized spacial score (nSPS) is 16.2. The molecule has 0 aliphatic rings. The van der Waals surface area contributed by atoms with Crippen LogP contribution in [0.15, 0.2) is 0 Å². The monoisotopic (exact) mass is 218 g/mol. The second-order valence-electron chi connectivity index (χ2n) is 3.63. The quantitative estimate of drug-likeness (QED) is 0.725. The number of aromatic nitrogens is 2. The Balaban J connectivity index is 2.79. The van der Waals surface area contributed by atoms with E-state index in [-0.39, 0.29) is 5.38 Å². The predicted molar refractivity (Wildman–Crippen MR) is 57.4 cm³/mol. The summed E-state index contributed by atoms with van der Waals surface area (Å²) in [5.41, 5.74) is 0. The minimum absolute atomic E-state index is 0.0226. The van der Waals surface area contributed by atoms with Gasteiger partial charge in [-0.3, -0.25) is 0 Å². The summed E-state index contributed by atoms with van der Waals surface area (Å²) in [4.78, 5) is 0. The fourth-order valence-electron chi connectivity index (χ4n) is 0.876. The highest BCUT2D eigenvalue weighted by Gasteiger charge is 2.16. The molecule has 1 heterocycles. The molecule has 4 heteroatoms. The molecule has 13 heavy (non-hydrogen) atoms. The maximum atomic E-state index is 5.91. The summed E-state index contributed by atoms with van der Waals surface area (Å²) in [6, 6.07) is 0. The fraction of sp³-hybridized carbons (Fsp3) is 0.778. The molecular formula is C9H15ClN2S. The van der Waals surface area contributed by atoms with Crippen LogP contribution in [0.2, 0.25) is 0 Å². The molecule has 0 saturated heterocycles. The molecule has 74 valence electrons. The number of halogens is 1. The summed E-state index contributed by atoms with van der Waals surface area (Å²) in [5, 5.41) is 10.2. The Morgan fingerprint density at radius 2 is 1.62 bits per heavy atom. The van der Waals surface area contributed by atoms with Gasteiger partial charge in [0.05, 0.1) is 5.38 Å². The van der Waals surface area contributed by atoms with Crippen molar-refractivity contribution >= 4 is 22.9 Å². The van der Waals surface area contributed by atoms with Gasteiger partial charge in [-0.25, -0.2) is 0 Å². The fourth-order valence-corrected chi connectivity index (χ4v) is 2.05. The Hall–Kier alpha value is -0.150. The van der Waals surface area contributed by atoms with Crippen LogP contribution in [0, 0.1) is 5.92 Å². The molecular weight excluding hydrogens is 204 g/mol. The highest BCUT2D eigenvalue weighted by atomic mass is 35.5. The highest BCUT2D eigenvalue weighted by molar-refractivity contribution is 7.11. The van der Waals surface area contributed by atoms with E-state index in [1.54, 1.807) is 11.3 Å². The van der Waals surface area contributed by atoms with Gasteiger partial charge >= 0.3 is 0 Å². The van der Waals surface area contributed by atoms with Crippen LogP contribution in [-0.2, 0) is 0 Å². The van der Waals surface area contributed by atoms with Crippen molar-refractivity contribution in [3.05, 3.63) is 10.0 Å². The topological polar surface area (TPSA) is 25.8 Å². The summed E-state index contributed by atoms with van der Waals surface area (Å²) >= 11 is 7.53. The lowest BCUT2D eigenvalue weighted by Crippen LogP contribution is -2.00. The maximum absolute atomic E-state index is 5.91. The number of alkyl halides is 1. The zero-order valence-corrected chi connectivity index (χ0v) is 9.99. The molecule has 2 nitrogen and oxygen atoms in total. The lowest BCUT2D eigenvalue weighted by molar-refractivity contribution is 0.529. The third kappa shape index (κ3) is 2.64. The number of hydrogen-bond acceptors (Lipinski definition) is 3. The lowest BCUT2D eigenvalue weighted by atomic mass is 9.99. The number of hydrogen-bond donors (Lipinski definition) is 0. The Morgan fingerprint density at radius 3 is 2.00 bits per heavy atom. The van der Waals surface area contributed by atoms with Crippen LogP contribution >= 0.6 is 22.9 Å². The van der Waals surface area contributed by atoms with Gasteiger partial charge in [-0.2, -0.15) is 0 Å². The third-order valence-electron chi connectivity index (χ3n) is 2.19. The van der Waals surface area contributed by atoms with Crippen LogP contribution in [-0.4, -0.2) is 10.2 Å². The van der Waals surface area contributed by atoms with Gasteiger partial charge in [-0.05, 0) is 12.8 Å². The van der Waals surface area contributed by atoms with Crippen LogP contribution in [0.25, 0.3) is 0 Å². The van der Waals surface area contributed by atoms with Crippen molar-refractivity contribution in [2.24, 2.45) is 5.92 Å². The highest BCUT2D eigenvalue weighted by Crippen LogP contribution is 2.30. The Morgan fingerprint density at radius 1 is 1.08 bits per heavy atom. The van der Waals surface area contributed by atoms with E-state index in [0.717, 1.165) is 10.0 Å². The van der Waals surface area contributed by atoms with Crippen LogP contribution < -0.4 is 0 Å².